The van der Waals surface area contributed by atoms with E-state index in [1.54, 1.807) is 6.07 Å². The Morgan fingerprint density at radius 1 is 1.29 bits per heavy atom. The highest BCUT2D eigenvalue weighted by atomic mass is 19.1. The fraction of sp³-hybridized carbons (Fsp3) is 0.500. The van der Waals surface area contributed by atoms with Crippen LogP contribution >= 0.6 is 0 Å². The van der Waals surface area contributed by atoms with Crippen molar-refractivity contribution in [2.45, 2.75) is 44.9 Å². The molecule has 1 aromatic carbocycles. The molecule has 0 saturated heterocycles. The molecule has 1 aliphatic carbocycles. The molecular weight excluding hydrogens is 269 g/mol. The summed E-state index contributed by atoms with van der Waals surface area (Å²) >= 11 is 0. The standard InChI is InChI=1S/C16H20FN3O/c1-2-10-3-5-11(6-4-10)15-19-16(21-20-15)12-7-8-13(17)14(18)9-12/h7-11H,2-6,18H2,1H3. The molecule has 1 heterocycles. The van der Waals surface area contributed by atoms with E-state index >= 15 is 0 Å². The van der Waals surface area contributed by atoms with Gasteiger partial charge in [0.25, 0.3) is 5.89 Å². The van der Waals surface area contributed by atoms with Crippen LogP contribution in [-0.4, -0.2) is 10.1 Å². The van der Waals surface area contributed by atoms with Crippen LogP contribution in [0.2, 0.25) is 0 Å². The number of anilines is 1. The summed E-state index contributed by atoms with van der Waals surface area (Å²) in [5.74, 6) is 1.96. The van der Waals surface area contributed by atoms with Gasteiger partial charge >= 0.3 is 0 Å². The summed E-state index contributed by atoms with van der Waals surface area (Å²) in [5, 5.41) is 4.10. The van der Waals surface area contributed by atoms with Crippen molar-refractivity contribution >= 4 is 5.69 Å². The molecule has 21 heavy (non-hydrogen) atoms. The highest BCUT2D eigenvalue weighted by molar-refractivity contribution is 5.60. The molecule has 1 aromatic heterocycles. The van der Waals surface area contributed by atoms with Gasteiger partial charge in [0.1, 0.15) is 5.82 Å². The highest BCUT2D eigenvalue weighted by Gasteiger charge is 2.25. The van der Waals surface area contributed by atoms with Crippen LogP contribution in [0.15, 0.2) is 22.7 Å². The van der Waals surface area contributed by atoms with Crippen molar-refractivity contribution < 1.29 is 8.91 Å². The second-order valence-electron chi connectivity index (χ2n) is 5.82. The smallest absolute Gasteiger partial charge is 0.258 e. The number of hydrogen-bond donors (Lipinski definition) is 1. The normalized spacial score (nSPS) is 22.4. The van der Waals surface area contributed by atoms with Gasteiger partial charge in [-0.3, -0.25) is 0 Å². The number of hydrogen-bond acceptors (Lipinski definition) is 4. The summed E-state index contributed by atoms with van der Waals surface area (Å²) in [5.41, 5.74) is 6.33. The molecule has 0 atom stereocenters. The maximum absolute atomic E-state index is 13.2. The monoisotopic (exact) mass is 289 g/mol. The lowest BCUT2D eigenvalue weighted by atomic mass is 9.80. The quantitative estimate of drug-likeness (QED) is 0.862. The van der Waals surface area contributed by atoms with Crippen molar-refractivity contribution in [1.82, 2.24) is 10.1 Å². The Bertz CT molecular complexity index is 618. The Morgan fingerprint density at radius 3 is 2.71 bits per heavy atom. The van der Waals surface area contributed by atoms with Gasteiger partial charge in [-0.2, -0.15) is 4.98 Å². The first-order valence-corrected chi connectivity index (χ1v) is 7.56. The molecular formula is C16H20FN3O. The molecule has 5 heteroatoms. The average molecular weight is 289 g/mol. The minimum Gasteiger partial charge on any atom is -0.396 e. The lowest BCUT2D eigenvalue weighted by Gasteiger charge is -2.25. The first-order chi connectivity index (χ1) is 10.2. The van der Waals surface area contributed by atoms with Crippen LogP contribution < -0.4 is 5.73 Å². The molecule has 0 radical (unpaired) electrons. The third-order valence-corrected chi connectivity index (χ3v) is 4.47. The Balaban J connectivity index is 1.76. The van der Waals surface area contributed by atoms with Gasteiger partial charge < -0.3 is 10.3 Å². The van der Waals surface area contributed by atoms with Crippen molar-refractivity contribution in [1.29, 1.82) is 0 Å². The molecule has 0 amide bonds. The van der Waals surface area contributed by atoms with E-state index in [0.29, 0.717) is 17.4 Å². The Labute approximate surface area is 123 Å². The van der Waals surface area contributed by atoms with Crippen LogP contribution in [0.5, 0.6) is 0 Å². The van der Waals surface area contributed by atoms with Crippen LogP contribution in [0.1, 0.15) is 50.8 Å². The Hall–Kier alpha value is -1.91. The minimum absolute atomic E-state index is 0.0932. The number of halogens is 1. The van der Waals surface area contributed by atoms with Crippen LogP contribution in [0, 0.1) is 11.7 Å². The first kappa shape index (κ1) is 14.0. The zero-order valence-electron chi connectivity index (χ0n) is 12.2. The number of nitrogens with zero attached hydrogens (tertiary/aromatic N) is 2. The SMILES string of the molecule is CCC1CCC(c2noc(-c3ccc(F)c(N)c3)n2)CC1. The van der Waals surface area contributed by atoms with Crippen molar-refractivity contribution in [2.75, 3.05) is 5.73 Å². The van der Waals surface area contributed by atoms with Gasteiger partial charge in [-0.15, -0.1) is 0 Å². The molecule has 0 aliphatic heterocycles. The van der Waals surface area contributed by atoms with E-state index in [2.05, 4.69) is 17.1 Å². The summed E-state index contributed by atoms with van der Waals surface area (Å²) in [6.07, 6.45) is 5.94. The minimum atomic E-state index is -0.434. The lowest BCUT2D eigenvalue weighted by Crippen LogP contribution is -2.13. The van der Waals surface area contributed by atoms with Crippen LogP contribution in [-0.2, 0) is 0 Å². The molecule has 1 saturated carbocycles. The molecule has 0 bridgehead atoms. The summed E-state index contributed by atoms with van der Waals surface area (Å²) in [7, 11) is 0. The molecule has 3 rings (SSSR count). The summed E-state index contributed by atoms with van der Waals surface area (Å²) in [6, 6.07) is 4.46. The Morgan fingerprint density at radius 2 is 2.05 bits per heavy atom. The molecule has 1 aliphatic rings. The van der Waals surface area contributed by atoms with Crippen molar-refractivity contribution in [3.8, 4) is 11.5 Å². The fourth-order valence-electron chi connectivity index (χ4n) is 3.02. The van der Waals surface area contributed by atoms with Crippen LogP contribution in [0.25, 0.3) is 11.5 Å². The third-order valence-electron chi connectivity index (χ3n) is 4.47. The number of aromatic nitrogens is 2. The van der Waals surface area contributed by atoms with Crippen molar-refractivity contribution in [2.24, 2.45) is 5.92 Å². The van der Waals surface area contributed by atoms with Gasteiger partial charge in [-0.25, -0.2) is 4.39 Å². The summed E-state index contributed by atoms with van der Waals surface area (Å²) < 4.78 is 18.5. The predicted octanol–water partition coefficient (Wildman–Crippen LogP) is 4.14. The van der Waals surface area contributed by atoms with Crippen LogP contribution in [0.3, 0.4) is 0 Å². The van der Waals surface area contributed by atoms with Gasteiger partial charge in [0, 0.05) is 11.5 Å². The van der Waals surface area contributed by atoms with Crippen molar-refractivity contribution in [3.05, 3.63) is 29.8 Å². The number of nitrogens with two attached hydrogens (primary N) is 1. The van der Waals surface area contributed by atoms with Gasteiger partial charge in [0.15, 0.2) is 5.82 Å². The molecule has 2 aromatic rings. The second kappa shape index (κ2) is 5.84. The predicted molar refractivity (Wildman–Crippen MR) is 79.1 cm³/mol. The van der Waals surface area contributed by atoms with Crippen LogP contribution in [0.4, 0.5) is 10.1 Å². The van der Waals surface area contributed by atoms with E-state index < -0.39 is 5.82 Å². The Kier molecular flexibility index (Phi) is 3.90. The van der Waals surface area contributed by atoms with Gasteiger partial charge in [-0.1, -0.05) is 18.5 Å². The number of nitrogen functional groups attached to an aromatic ring is 1. The number of rotatable bonds is 3. The maximum Gasteiger partial charge on any atom is 0.258 e. The maximum atomic E-state index is 13.2. The van der Waals surface area contributed by atoms with E-state index in [0.717, 1.165) is 24.6 Å². The van der Waals surface area contributed by atoms with E-state index in [1.807, 2.05) is 0 Å². The van der Waals surface area contributed by atoms with E-state index in [4.69, 9.17) is 10.3 Å². The van der Waals surface area contributed by atoms with E-state index in [9.17, 15) is 4.39 Å². The molecule has 4 nitrogen and oxygen atoms in total. The molecule has 0 unspecified atom stereocenters. The third kappa shape index (κ3) is 2.91. The van der Waals surface area contributed by atoms with Gasteiger partial charge in [-0.05, 0) is 49.8 Å². The lowest BCUT2D eigenvalue weighted by molar-refractivity contribution is 0.305. The second-order valence-corrected chi connectivity index (χ2v) is 5.82. The van der Waals surface area contributed by atoms with Crippen molar-refractivity contribution in [3.63, 3.8) is 0 Å². The zero-order chi connectivity index (χ0) is 14.8. The highest BCUT2D eigenvalue weighted by Crippen LogP contribution is 2.36. The fourth-order valence-corrected chi connectivity index (χ4v) is 3.02. The molecule has 112 valence electrons. The molecule has 2 N–H and O–H groups in total. The zero-order valence-corrected chi connectivity index (χ0v) is 12.2. The number of benzene rings is 1. The molecule has 1 fully saturated rings. The topological polar surface area (TPSA) is 64.9 Å². The average Bonchev–Trinajstić information content (AvgIpc) is 3.00. The van der Waals surface area contributed by atoms with E-state index in [1.165, 1.54) is 31.4 Å². The van der Waals surface area contributed by atoms with Gasteiger partial charge in [0.05, 0.1) is 5.69 Å². The summed E-state index contributed by atoms with van der Waals surface area (Å²) in [4.78, 5) is 4.47. The van der Waals surface area contributed by atoms with Gasteiger partial charge in [0.2, 0.25) is 0 Å². The first-order valence-electron chi connectivity index (χ1n) is 7.56. The van der Waals surface area contributed by atoms with E-state index in [-0.39, 0.29) is 5.69 Å². The molecule has 0 spiro atoms. The largest absolute Gasteiger partial charge is 0.396 e. The summed E-state index contributed by atoms with van der Waals surface area (Å²) in [6.45, 7) is 2.25.